The van der Waals surface area contributed by atoms with Crippen LogP contribution in [0, 0.1) is 17.1 Å². The van der Waals surface area contributed by atoms with Gasteiger partial charge in [0.15, 0.2) is 0 Å². The molecule has 1 saturated heterocycles. The SMILES string of the molecule is COc1ccccc1C(=O)N1CCN(C(C#N)c2ccc(F)cc2)CC1. The Balaban J connectivity index is 1.67. The summed E-state index contributed by atoms with van der Waals surface area (Å²) in [5.41, 5.74) is 1.30. The van der Waals surface area contributed by atoms with E-state index in [2.05, 4.69) is 6.07 Å². The smallest absolute Gasteiger partial charge is 0.257 e. The fourth-order valence-electron chi connectivity index (χ4n) is 3.19. The van der Waals surface area contributed by atoms with Crippen molar-refractivity contribution >= 4 is 5.91 Å². The molecule has 0 bridgehead atoms. The second-order valence-electron chi connectivity index (χ2n) is 6.11. The number of carbonyl (C=O) groups is 1. The van der Waals surface area contributed by atoms with Gasteiger partial charge in [0.25, 0.3) is 5.91 Å². The number of rotatable bonds is 4. The summed E-state index contributed by atoms with van der Waals surface area (Å²) in [5.74, 6) is 0.163. The Kier molecular flexibility index (Phi) is 5.49. The first kappa shape index (κ1) is 17.9. The van der Waals surface area contributed by atoms with Gasteiger partial charge < -0.3 is 9.64 Å². The van der Waals surface area contributed by atoms with Crippen LogP contribution < -0.4 is 4.74 Å². The average molecular weight is 353 g/mol. The van der Waals surface area contributed by atoms with Crippen LogP contribution in [0.15, 0.2) is 48.5 Å². The Morgan fingerprint density at radius 2 is 1.77 bits per heavy atom. The Bertz CT molecular complexity index is 809. The number of halogens is 1. The first-order valence-electron chi connectivity index (χ1n) is 8.45. The monoisotopic (exact) mass is 353 g/mol. The van der Waals surface area contributed by atoms with Gasteiger partial charge in [0, 0.05) is 26.2 Å². The largest absolute Gasteiger partial charge is 0.496 e. The van der Waals surface area contributed by atoms with Gasteiger partial charge in [-0.15, -0.1) is 0 Å². The van der Waals surface area contributed by atoms with E-state index in [-0.39, 0.29) is 11.7 Å². The van der Waals surface area contributed by atoms with Crippen molar-refractivity contribution in [2.75, 3.05) is 33.3 Å². The summed E-state index contributed by atoms with van der Waals surface area (Å²) in [5, 5.41) is 9.54. The zero-order chi connectivity index (χ0) is 18.5. The number of para-hydroxylation sites is 1. The highest BCUT2D eigenvalue weighted by Crippen LogP contribution is 2.24. The van der Waals surface area contributed by atoms with Crippen LogP contribution in [0.25, 0.3) is 0 Å². The number of amides is 1. The number of methoxy groups -OCH3 is 1. The minimum Gasteiger partial charge on any atom is -0.496 e. The molecule has 2 aromatic rings. The van der Waals surface area contributed by atoms with Gasteiger partial charge in [-0.05, 0) is 29.8 Å². The molecule has 26 heavy (non-hydrogen) atoms. The van der Waals surface area contributed by atoms with Crippen LogP contribution in [0.1, 0.15) is 22.0 Å². The van der Waals surface area contributed by atoms with Crippen molar-refractivity contribution in [3.8, 4) is 11.8 Å². The summed E-state index contributed by atoms with van der Waals surface area (Å²) >= 11 is 0. The van der Waals surface area contributed by atoms with Crippen molar-refractivity contribution in [1.82, 2.24) is 9.80 Å². The molecular weight excluding hydrogens is 333 g/mol. The van der Waals surface area contributed by atoms with E-state index in [1.54, 1.807) is 36.3 Å². The molecule has 0 aliphatic carbocycles. The second kappa shape index (κ2) is 7.98. The van der Waals surface area contributed by atoms with E-state index in [0.717, 1.165) is 5.56 Å². The molecule has 1 heterocycles. The number of carbonyl (C=O) groups excluding carboxylic acids is 1. The van der Waals surface area contributed by atoms with Crippen molar-refractivity contribution in [3.05, 3.63) is 65.5 Å². The van der Waals surface area contributed by atoms with Crippen molar-refractivity contribution in [1.29, 1.82) is 5.26 Å². The predicted molar refractivity (Wildman–Crippen MR) is 95.2 cm³/mol. The van der Waals surface area contributed by atoms with E-state index in [4.69, 9.17) is 4.74 Å². The Labute approximate surface area is 152 Å². The maximum Gasteiger partial charge on any atom is 0.257 e. The third-order valence-corrected chi connectivity index (χ3v) is 4.61. The van der Waals surface area contributed by atoms with Crippen molar-refractivity contribution in [2.24, 2.45) is 0 Å². The van der Waals surface area contributed by atoms with E-state index in [9.17, 15) is 14.4 Å². The highest BCUT2D eigenvalue weighted by atomic mass is 19.1. The maximum absolute atomic E-state index is 13.1. The molecule has 1 amide bonds. The zero-order valence-corrected chi connectivity index (χ0v) is 14.6. The molecule has 0 saturated carbocycles. The zero-order valence-electron chi connectivity index (χ0n) is 14.6. The molecule has 1 aliphatic rings. The standard InChI is InChI=1S/C20H20FN3O2/c1-26-19-5-3-2-4-17(19)20(25)24-12-10-23(11-13-24)18(14-22)15-6-8-16(21)9-7-15/h2-9,18H,10-13H2,1H3. The molecule has 1 fully saturated rings. The molecule has 2 aromatic carbocycles. The fourth-order valence-corrected chi connectivity index (χ4v) is 3.19. The molecule has 6 heteroatoms. The minimum absolute atomic E-state index is 0.0719. The number of hydrogen-bond acceptors (Lipinski definition) is 4. The number of benzene rings is 2. The topological polar surface area (TPSA) is 56.6 Å². The summed E-state index contributed by atoms with van der Waals surface area (Å²) in [4.78, 5) is 16.5. The van der Waals surface area contributed by atoms with Crippen LogP contribution in [0.4, 0.5) is 4.39 Å². The van der Waals surface area contributed by atoms with Gasteiger partial charge >= 0.3 is 0 Å². The predicted octanol–water partition coefficient (Wildman–Crippen LogP) is 2.86. The number of nitriles is 1. The number of nitrogens with zero attached hydrogens (tertiary/aromatic N) is 3. The van der Waals surface area contributed by atoms with Crippen LogP contribution in [0.5, 0.6) is 5.75 Å². The van der Waals surface area contributed by atoms with Gasteiger partial charge in [-0.2, -0.15) is 5.26 Å². The maximum atomic E-state index is 13.1. The van der Waals surface area contributed by atoms with Gasteiger partial charge in [-0.25, -0.2) is 4.39 Å². The molecule has 5 nitrogen and oxygen atoms in total. The number of hydrogen-bond donors (Lipinski definition) is 0. The minimum atomic E-state index is -0.445. The lowest BCUT2D eigenvalue weighted by Gasteiger charge is -2.37. The van der Waals surface area contributed by atoms with E-state index >= 15 is 0 Å². The average Bonchev–Trinajstić information content (AvgIpc) is 2.70. The van der Waals surface area contributed by atoms with Crippen LogP contribution in [0.3, 0.4) is 0 Å². The van der Waals surface area contributed by atoms with Gasteiger partial charge in [-0.3, -0.25) is 9.69 Å². The van der Waals surface area contributed by atoms with Crippen molar-refractivity contribution in [2.45, 2.75) is 6.04 Å². The van der Waals surface area contributed by atoms with E-state index < -0.39 is 6.04 Å². The Morgan fingerprint density at radius 3 is 2.38 bits per heavy atom. The summed E-state index contributed by atoms with van der Waals surface area (Å²) in [7, 11) is 1.55. The van der Waals surface area contributed by atoms with Crippen LogP contribution in [-0.2, 0) is 0 Å². The third kappa shape index (κ3) is 3.68. The summed E-state index contributed by atoms with van der Waals surface area (Å²) < 4.78 is 18.4. The molecule has 134 valence electrons. The van der Waals surface area contributed by atoms with Crippen molar-refractivity contribution < 1.29 is 13.9 Å². The molecule has 0 aromatic heterocycles. The molecule has 1 atom stereocenters. The molecule has 0 radical (unpaired) electrons. The Morgan fingerprint density at radius 1 is 1.12 bits per heavy atom. The normalized spacial score (nSPS) is 16.0. The second-order valence-corrected chi connectivity index (χ2v) is 6.11. The number of ether oxygens (including phenoxy) is 1. The van der Waals surface area contributed by atoms with E-state index in [0.29, 0.717) is 37.5 Å². The molecule has 1 aliphatic heterocycles. The summed E-state index contributed by atoms with van der Waals surface area (Å²) in [6, 6.07) is 15.0. The molecule has 0 spiro atoms. The van der Waals surface area contributed by atoms with Gasteiger partial charge in [0.2, 0.25) is 0 Å². The lowest BCUT2D eigenvalue weighted by atomic mass is 10.1. The third-order valence-electron chi connectivity index (χ3n) is 4.61. The van der Waals surface area contributed by atoms with Gasteiger partial charge in [0.05, 0.1) is 18.7 Å². The van der Waals surface area contributed by atoms with E-state index in [1.165, 1.54) is 12.1 Å². The van der Waals surface area contributed by atoms with Gasteiger partial charge in [0.1, 0.15) is 17.6 Å². The first-order valence-corrected chi connectivity index (χ1v) is 8.45. The lowest BCUT2D eigenvalue weighted by molar-refractivity contribution is 0.0603. The summed E-state index contributed by atoms with van der Waals surface area (Å²) in [6.07, 6.45) is 0. The van der Waals surface area contributed by atoms with Crippen LogP contribution in [-0.4, -0.2) is 49.0 Å². The highest BCUT2D eigenvalue weighted by Gasteiger charge is 2.28. The first-order chi connectivity index (χ1) is 12.6. The number of piperazine rings is 1. The van der Waals surface area contributed by atoms with Gasteiger partial charge in [-0.1, -0.05) is 24.3 Å². The quantitative estimate of drug-likeness (QED) is 0.848. The Hall–Kier alpha value is -2.91. The lowest BCUT2D eigenvalue weighted by Crippen LogP contribution is -2.49. The molecular formula is C20H20FN3O2. The van der Waals surface area contributed by atoms with Crippen molar-refractivity contribution in [3.63, 3.8) is 0 Å². The molecule has 3 rings (SSSR count). The van der Waals surface area contributed by atoms with Crippen LogP contribution >= 0.6 is 0 Å². The molecule has 0 N–H and O–H groups in total. The van der Waals surface area contributed by atoms with E-state index in [1.807, 2.05) is 17.0 Å². The fraction of sp³-hybridized carbons (Fsp3) is 0.300. The highest BCUT2D eigenvalue weighted by molar-refractivity contribution is 5.97. The molecule has 1 unspecified atom stereocenters. The van der Waals surface area contributed by atoms with Crippen LogP contribution in [0.2, 0.25) is 0 Å². The summed E-state index contributed by atoms with van der Waals surface area (Å²) in [6.45, 7) is 2.21.